The van der Waals surface area contributed by atoms with E-state index in [1.54, 1.807) is 4.90 Å². The third kappa shape index (κ3) is 5.03. The summed E-state index contributed by atoms with van der Waals surface area (Å²) in [5.74, 6) is -0.158. The van der Waals surface area contributed by atoms with Gasteiger partial charge >= 0.3 is 6.09 Å². The second-order valence-corrected chi connectivity index (χ2v) is 6.59. The van der Waals surface area contributed by atoms with Crippen LogP contribution in [0, 0.1) is 5.82 Å². The zero-order valence-electron chi connectivity index (χ0n) is 14.0. The maximum absolute atomic E-state index is 13.2. The van der Waals surface area contributed by atoms with E-state index in [2.05, 4.69) is 10.0 Å². The molecule has 0 atom stereocenters. The molecular weight excluding hydrogens is 315 g/mol. The number of rotatable bonds is 3. The molecule has 1 aromatic carbocycles. The Morgan fingerprint density at radius 3 is 2.62 bits per heavy atom. The van der Waals surface area contributed by atoms with Crippen LogP contribution in [0.15, 0.2) is 23.3 Å². The molecule has 0 N–H and O–H groups in total. The van der Waals surface area contributed by atoms with Gasteiger partial charge in [0.2, 0.25) is 0 Å². The quantitative estimate of drug-likeness (QED) is 0.461. The third-order valence-corrected chi connectivity index (χ3v) is 3.46. The Morgan fingerprint density at radius 1 is 1.38 bits per heavy atom. The first-order valence-electron chi connectivity index (χ1n) is 7.78. The lowest BCUT2D eigenvalue weighted by atomic mass is 10.1. The number of amides is 1. The van der Waals surface area contributed by atoms with E-state index in [0.29, 0.717) is 31.7 Å². The minimum atomic E-state index is -0.525. The molecule has 0 spiro atoms. The van der Waals surface area contributed by atoms with Gasteiger partial charge in [0.1, 0.15) is 23.3 Å². The van der Waals surface area contributed by atoms with Gasteiger partial charge in [-0.2, -0.15) is 0 Å². The number of azide groups is 1. The van der Waals surface area contributed by atoms with Gasteiger partial charge < -0.3 is 14.4 Å². The summed E-state index contributed by atoms with van der Waals surface area (Å²) in [4.78, 5) is 16.3. The molecule has 1 fully saturated rings. The Hall–Kier alpha value is -2.47. The van der Waals surface area contributed by atoms with Crippen molar-refractivity contribution < 1.29 is 18.7 Å². The lowest BCUT2D eigenvalue weighted by molar-refractivity contribution is 0.0127. The van der Waals surface area contributed by atoms with Crippen molar-refractivity contribution in [3.63, 3.8) is 0 Å². The highest BCUT2D eigenvalue weighted by Crippen LogP contribution is 2.31. The van der Waals surface area contributed by atoms with Crippen LogP contribution in [-0.2, 0) is 4.74 Å². The molecule has 0 unspecified atom stereocenters. The normalized spacial score (nSPS) is 15.6. The van der Waals surface area contributed by atoms with E-state index in [9.17, 15) is 9.18 Å². The Balaban J connectivity index is 1.94. The molecule has 1 aromatic rings. The molecule has 0 radical (unpaired) electrons. The fourth-order valence-corrected chi connectivity index (χ4v) is 2.38. The van der Waals surface area contributed by atoms with Crippen LogP contribution >= 0.6 is 0 Å². The van der Waals surface area contributed by atoms with Crippen molar-refractivity contribution in [1.29, 1.82) is 0 Å². The van der Waals surface area contributed by atoms with E-state index in [-0.39, 0.29) is 17.9 Å². The summed E-state index contributed by atoms with van der Waals surface area (Å²) in [5.41, 5.74) is 8.14. The highest BCUT2D eigenvalue weighted by molar-refractivity contribution is 5.68. The molecule has 0 saturated carbocycles. The lowest BCUT2D eigenvalue weighted by Gasteiger charge is -2.33. The van der Waals surface area contributed by atoms with E-state index in [0.717, 1.165) is 6.07 Å². The van der Waals surface area contributed by atoms with Crippen molar-refractivity contribution in [2.24, 2.45) is 5.11 Å². The SMILES string of the molecule is CC(C)(C)OC(=O)N1CCC(Oc2ccc(F)cc2N=[N+]=[N-])CC1. The van der Waals surface area contributed by atoms with E-state index in [1.165, 1.54) is 12.1 Å². The first-order valence-corrected chi connectivity index (χ1v) is 7.78. The number of nitrogens with zero attached hydrogens (tertiary/aromatic N) is 4. The molecule has 0 aliphatic carbocycles. The maximum Gasteiger partial charge on any atom is 0.410 e. The van der Waals surface area contributed by atoms with E-state index < -0.39 is 11.4 Å². The zero-order valence-corrected chi connectivity index (χ0v) is 14.0. The zero-order chi connectivity index (χ0) is 17.7. The smallest absolute Gasteiger partial charge is 0.410 e. The summed E-state index contributed by atoms with van der Waals surface area (Å²) < 4.78 is 24.4. The predicted octanol–water partition coefficient (Wildman–Crippen LogP) is 4.55. The van der Waals surface area contributed by atoms with Crippen LogP contribution in [0.1, 0.15) is 33.6 Å². The van der Waals surface area contributed by atoms with Crippen LogP contribution in [0.5, 0.6) is 5.75 Å². The van der Waals surface area contributed by atoms with Crippen LogP contribution in [0.2, 0.25) is 0 Å². The van der Waals surface area contributed by atoms with Gasteiger partial charge in [0, 0.05) is 30.8 Å². The molecule has 0 aromatic heterocycles. The molecule has 8 heteroatoms. The number of halogens is 1. The Kier molecular flexibility index (Phi) is 5.51. The Labute approximate surface area is 140 Å². The summed E-state index contributed by atoms with van der Waals surface area (Å²) in [7, 11) is 0. The number of benzene rings is 1. The van der Waals surface area contributed by atoms with E-state index in [1.807, 2.05) is 20.8 Å². The first kappa shape index (κ1) is 17.9. The van der Waals surface area contributed by atoms with Gasteiger partial charge in [-0.3, -0.25) is 0 Å². The number of carbonyl (C=O) groups excluding carboxylic acids is 1. The van der Waals surface area contributed by atoms with Crippen molar-refractivity contribution in [3.05, 3.63) is 34.5 Å². The standard InChI is InChI=1S/C16H21FN4O3/c1-16(2,3)24-15(22)21-8-6-12(7-9-21)23-14-5-4-11(17)10-13(14)19-20-18/h4-5,10,12H,6-9H2,1-3H3. The number of hydrogen-bond donors (Lipinski definition) is 0. The number of carbonyl (C=O) groups is 1. The molecule has 1 aliphatic heterocycles. The highest BCUT2D eigenvalue weighted by atomic mass is 19.1. The fourth-order valence-electron chi connectivity index (χ4n) is 2.38. The molecule has 1 aliphatic rings. The van der Waals surface area contributed by atoms with Crippen LogP contribution in [0.3, 0.4) is 0 Å². The van der Waals surface area contributed by atoms with Crippen LogP contribution in [0.25, 0.3) is 10.4 Å². The number of ether oxygens (including phenoxy) is 2. The van der Waals surface area contributed by atoms with Crippen molar-refractivity contribution in [1.82, 2.24) is 4.90 Å². The fraction of sp³-hybridized carbons (Fsp3) is 0.562. The molecule has 7 nitrogen and oxygen atoms in total. The van der Waals surface area contributed by atoms with Gasteiger partial charge in [-0.25, -0.2) is 9.18 Å². The van der Waals surface area contributed by atoms with Crippen LogP contribution in [0.4, 0.5) is 14.9 Å². The maximum atomic E-state index is 13.2. The minimum Gasteiger partial charge on any atom is -0.490 e. The molecule has 2 rings (SSSR count). The molecule has 1 amide bonds. The monoisotopic (exact) mass is 336 g/mol. The van der Waals surface area contributed by atoms with Gasteiger partial charge in [0.05, 0.1) is 5.69 Å². The van der Waals surface area contributed by atoms with Crippen LogP contribution < -0.4 is 4.74 Å². The summed E-state index contributed by atoms with van der Waals surface area (Å²) in [6.45, 7) is 6.50. The molecule has 1 saturated heterocycles. The average Bonchev–Trinajstić information content (AvgIpc) is 2.49. The molecule has 24 heavy (non-hydrogen) atoms. The van der Waals surface area contributed by atoms with E-state index in [4.69, 9.17) is 15.0 Å². The van der Waals surface area contributed by atoms with Crippen LogP contribution in [-0.4, -0.2) is 35.8 Å². The topological polar surface area (TPSA) is 87.5 Å². The highest BCUT2D eigenvalue weighted by Gasteiger charge is 2.27. The van der Waals surface area contributed by atoms with Gasteiger partial charge in [-0.1, -0.05) is 5.11 Å². The molecule has 1 heterocycles. The van der Waals surface area contributed by atoms with E-state index >= 15 is 0 Å². The number of hydrogen-bond acceptors (Lipinski definition) is 4. The third-order valence-electron chi connectivity index (χ3n) is 3.46. The van der Waals surface area contributed by atoms with Crippen molar-refractivity contribution >= 4 is 11.8 Å². The molecular formula is C16H21FN4O3. The molecule has 0 bridgehead atoms. The number of piperidine rings is 1. The summed E-state index contributed by atoms with van der Waals surface area (Å²) >= 11 is 0. The largest absolute Gasteiger partial charge is 0.490 e. The second-order valence-electron chi connectivity index (χ2n) is 6.59. The Bertz CT molecular complexity index is 645. The summed E-state index contributed by atoms with van der Waals surface area (Å²) in [6, 6.07) is 3.83. The second kappa shape index (κ2) is 7.40. The predicted molar refractivity (Wildman–Crippen MR) is 86.7 cm³/mol. The Morgan fingerprint density at radius 2 is 2.04 bits per heavy atom. The van der Waals surface area contributed by atoms with Crippen molar-refractivity contribution in [2.45, 2.75) is 45.3 Å². The summed E-state index contributed by atoms with van der Waals surface area (Å²) in [5, 5.41) is 3.45. The first-order chi connectivity index (χ1) is 11.3. The number of likely N-dealkylation sites (tertiary alicyclic amines) is 1. The van der Waals surface area contributed by atoms with Gasteiger partial charge in [0.15, 0.2) is 0 Å². The minimum absolute atomic E-state index is 0.118. The van der Waals surface area contributed by atoms with Gasteiger partial charge in [-0.05, 0) is 44.5 Å². The van der Waals surface area contributed by atoms with Gasteiger partial charge in [-0.15, -0.1) is 0 Å². The molecule has 130 valence electrons. The average molecular weight is 336 g/mol. The van der Waals surface area contributed by atoms with Gasteiger partial charge in [0.25, 0.3) is 0 Å². The van der Waals surface area contributed by atoms with Crippen molar-refractivity contribution in [3.8, 4) is 5.75 Å². The van der Waals surface area contributed by atoms with Crippen molar-refractivity contribution in [2.75, 3.05) is 13.1 Å². The lowest BCUT2D eigenvalue weighted by Crippen LogP contribution is -2.44. The summed E-state index contributed by atoms with van der Waals surface area (Å²) in [6.07, 6.45) is 0.762.